The number of hydrogen-bond donors (Lipinski definition) is 1. The number of amides is 1. The molecule has 102 valence electrons. The van der Waals surface area contributed by atoms with E-state index in [4.69, 9.17) is 14.6 Å². The molecule has 2 atom stereocenters. The van der Waals surface area contributed by atoms with E-state index in [1.165, 1.54) is 4.90 Å². The van der Waals surface area contributed by atoms with E-state index in [0.29, 0.717) is 26.0 Å². The van der Waals surface area contributed by atoms with Crippen molar-refractivity contribution >= 4 is 11.9 Å². The first-order valence-electron chi connectivity index (χ1n) is 6.40. The normalized spacial score (nSPS) is 28.3. The Hall–Kier alpha value is -1.14. The van der Waals surface area contributed by atoms with Gasteiger partial charge in [0.2, 0.25) is 5.91 Å². The number of nitrogens with zero attached hydrogens (tertiary/aromatic N) is 1. The van der Waals surface area contributed by atoms with Crippen molar-refractivity contribution in [2.45, 2.75) is 37.8 Å². The summed E-state index contributed by atoms with van der Waals surface area (Å²) in [5, 5.41) is 9.04. The Labute approximate surface area is 106 Å². The van der Waals surface area contributed by atoms with Crippen LogP contribution < -0.4 is 0 Å². The van der Waals surface area contributed by atoms with E-state index in [1.54, 1.807) is 0 Å². The number of morpholine rings is 1. The van der Waals surface area contributed by atoms with Crippen LogP contribution in [0.4, 0.5) is 0 Å². The molecular weight excluding hydrogens is 238 g/mol. The minimum atomic E-state index is -1.000. The highest BCUT2D eigenvalue weighted by Gasteiger charge is 2.32. The van der Waals surface area contributed by atoms with Gasteiger partial charge in [0.1, 0.15) is 0 Å². The Morgan fingerprint density at radius 2 is 2.17 bits per heavy atom. The fourth-order valence-corrected chi connectivity index (χ4v) is 2.41. The quantitative estimate of drug-likeness (QED) is 0.781. The molecule has 0 aliphatic carbocycles. The minimum absolute atomic E-state index is 0.0843. The molecule has 0 saturated carbocycles. The third kappa shape index (κ3) is 3.20. The van der Waals surface area contributed by atoms with Gasteiger partial charge in [-0.2, -0.15) is 0 Å². The smallest absolute Gasteiger partial charge is 0.328 e. The number of hydrogen-bond acceptors (Lipinski definition) is 4. The molecule has 1 N–H and O–H groups in total. The van der Waals surface area contributed by atoms with Crippen LogP contribution >= 0.6 is 0 Å². The van der Waals surface area contributed by atoms with E-state index in [-0.39, 0.29) is 18.6 Å². The fourth-order valence-electron chi connectivity index (χ4n) is 2.41. The summed E-state index contributed by atoms with van der Waals surface area (Å²) >= 11 is 0. The van der Waals surface area contributed by atoms with Gasteiger partial charge >= 0.3 is 5.97 Å². The second-order valence-corrected chi connectivity index (χ2v) is 4.69. The van der Waals surface area contributed by atoms with Gasteiger partial charge in [0.15, 0.2) is 6.04 Å². The standard InChI is InChI=1S/C12H19NO5/c14-11(4-3-9-2-1-6-18-9)13-5-7-17-8-10(13)12(15)16/h9-10H,1-8H2,(H,15,16)/t9-,10-/m1/s1. The predicted octanol–water partition coefficient (Wildman–Crippen LogP) is 0.258. The molecule has 2 aliphatic rings. The molecule has 0 unspecified atom stereocenters. The van der Waals surface area contributed by atoms with Gasteiger partial charge in [-0.15, -0.1) is 0 Å². The summed E-state index contributed by atoms with van der Waals surface area (Å²) in [6, 6.07) is -0.837. The summed E-state index contributed by atoms with van der Waals surface area (Å²) in [5.41, 5.74) is 0. The van der Waals surface area contributed by atoms with Crippen molar-refractivity contribution in [2.75, 3.05) is 26.4 Å². The average molecular weight is 257 g/mol. The lowest BCUT2D eigenvalue weighted by Crippen LogP contribution is -2.52. The minimum Gasteiger partial charge on any atom is -0.480 e. The molecule has 18 heavy (non-hydrogen) atoms. The van der Waals surface area contributed by atoms with Crippen LogP contribution in [-0.2, 0) is 19.1 Å². The van der Waals surface area contributed by atoms with Crippen LogP contribution in [0, 0.1) is 0 Å². The summed E-state index contributed by atoms with van der Waals surface area (Å²) in [4.78, 5) is 24.5. The lowest BCUT2D eigenvalue weighted by molar-refractivity contribution is -0.158. The summed E-state index contributed by atoms with van der Waals surface area (Å²) in [5.74, 6) is -1.11. The van der Waals surface area contributed by atoms with Crippen molar-refractivity contribution < 1.29 is 24.2 Å². The molecule has 1 amide bonds. The van der Waals surface area contributed by atoms with Gasteiger partial charge in [-0.25, -0.2) is 4.79 Å². The van der Waals surface area contributed by atoms with Gasteiger partial charge in [-0.1, -0.05) is 0 Å². The number of carbonyl (C=O) groups is 2. The van der Waals surface area contributed by atoms with Crippen LogP contribution in [0.5, 0.6) is 0 Å². The van der Waals surface area contributed by atoms with Gasteiger partial charge in [0, 0.05) is 19.6 Å². The Morgan fingerprint density at radius 1 is 1.33 bits per heavy atom. The number of ether oxygens (including phenoxy) is 2. The molecule has 6 nitrogen and oxygen atoms in total. The predicted molar refractivity (Wildman–Crippen MR) is 62.2 cm³/mol. The van der Waals surface area contributed by atoms with Gasteiger partial charge in [0.25, 0.3) is 0 Å². The maximum atomic E-state index is 12.0. The van der Waals surface area contributed by atoms with E-state index in [1.807, 2.05) is 0 Å². The maximum Gasteiger partial charge on any atom is 0.328 e. The third-order valence-corrected chi connectivity index (χ3v) is 3.44. The van der Waals surface area contributed by atoms with Crippen molar-refractivity contribution in [3.05, 3.63) is 0 Å². The number of rotatable bonds is 4. The molecule has 0 radical (unpaired) electrons. The van der Waals surface area contributed by atoms with Crippen LogP contribution in [0.25, 0.3) is 0 Å². The molecule has 0 spiro atoms. The number of carboxylic acid groups (broad SMARTS) is 1. The molecule has 0 aromatic carbocycles. The molecule has 2 fully saturated rings. The van der Waals surface area contributed by atoms with Gasteiger partial charge in [-0.3, -0.25) is 4.79 Å². The van der Waals surface area contributed by atoms with Crippen molar-refractivity contribution in [3.8, 4) is 0 Å². The summed E-state index contributed by atoms with van der Waals surface area (Å²) in [7, 11) is 0. The molecule has 6 heteroatoms. The zero-order chi connectivity index (χ0) is 13.0. The maximum absolute atomic E-state index is 12.0. The van der Waals surface area contributed by atoms with Gasteiger partial charge < -0.3 is 19.5 Å². The molecule has 0 bridgehead atoms. The first-order valence-corrected chi connectivity index (χ1v) is 6.40. The van der Waals surface area contributed by atoms with E-state index in [9.17, 15) is 9.59 Å². The van der Waals surface area contributed by atoms with E-state index in [0.717, 1.165) is 19.4 Å². The Balaban J connectivity index is 1.83. The largest absolute Gasteiger partial charge is 0.480 e. The van der Waals surface area contributed by atoms with Crippen molar-refractivity contribution in [2.24, 2.45) is 0 Å². The zero-order valence-electron chi connectivity index (χ0n) is 10.3. The lowest BCUT2D eigenvalue weighted by atomic mass is 10.1. The average Bonchev–Trinajstić information content (AvgIpc) is 2.89. The third-order valence-electron chi connectivity index (χ3n) is 3.44. The SMILES string of the molecule is O=C(O)[C@H]1COCCN1C(=O)CC[C@H]1CCCO1. The van der Waals surface area contributed by atoms with Crippen molar-refractivity contribution in [1.29, 1.82) is 0 Å². The molecule has 2 rings (SSSR count). The van der Waals surface area contributed by atoms with Gasteiger partial charge in [0.05, 0.1) is 19.3 Å². The molecule has 0 aromatic heterocycles. The molecular formula is C12H19NO5. The number of carboxylic acids is 1. The highest BCUT2D eigenvalue weighted by Crippen LogP contribution is 2.18. The monoisotopic (exact) mass is 257 g/mol. The number of carbonyl (C=O) groups excluding carboxylic acids is 1. The lowest BCUT2D eigenvalue weighted by Gasteiger charge is -2.33. The van der Waals surface area contributed by atoms with E-state index in [2.05, 4.69) is 0 Å². The highest BCUT2D eigenvalue weighted by atomic mass is 16.5. The van der Waals surface area contributed by atoms with Crippen LogP contribution in [-0.4, -0.2) is 60.4 Å². The van der Waals surface area contributed by atoms with Crippen LogP contribution in [0.15, 0.2) is 0 Å². The first kappa shape index (κ1) is 13.3. The number of aliphatic carboxylic acids is 1. The van der Waals surface area contributed by atoms with E-state index >= 15 is 0 Å². The summed E-state index contributed by atoms with van der Waals surface area (Å²) in [6.07, 6.45) is 3.25. The topological polar surface area (TPSA) is 76.1 Å². The molecule has 2 saturated heterocycles. The Bertz CT molecular complexity index is 314. The summed E-state index contributed by atoms with van der Waals surface area (Å²) in [6.45, 7) is 1.63. The van der Waals surface area contributed by atoms with Gasteiger partial charge in [-0.05, 0) is 19.3 Å². The van der Waals surface area contributed by atoms with Crippen LogP contribution in [0.1, 0.15) is 25.7 Å². The first-order chi connectivity index (χ1) is 8.68. The summed E-state index contributed by atoms with van der Waals surface area (Å²) < 4.78 is 10.6. The zero-order valence-corrected chi connectivity index (χ0v) is 10.3. The Kier molecular flexibility index (Phi) is 4.54. The highest BCUT2D eigenvalue weighted by molar-refractivity contribution is 5.84. The van der Waals surface area contributed by atoms with Crippen LogP contribution in [0.3, 0.4) is 0 Å². The van der Waals surface area contributed by atoms with Crippen molar-refractivity contribution in [1.82, 2.24) is 4.90 Å². The molecule has 2 heterocycles. The second kappa shape index (κ2) is 6.15. The van der Waals surface area contributed by atoms with E-state index < -0.39 is 12.0 Å². The van der Waals surface area contributed by atoms with Crippen LogP contribution in [0.2, 0.25) is 0 Å². The Morgan fingerprint density at radius 3 is 2.83 bits per heavy atom. The second-order valence-electron chi connectivity index (χ2n) is 4.69. The molecule has 2 aliphatic heterocycles. The fraction of sp³-hybridized carbons (Fsp3) is 0.833. The molecule has 0 aromatic rings. The van der Waals surface area contributed by atoms with Crippen molar-refractivity contribution in [3.63, 3.8) is 0 Å².